The molecule has 0 fully saturated rings. The monoisotopic (exact) mass is 351 g/mol. The highest BCUT2D eigenvalue weighted by Gasteiger charge is 2.21. The van der Waals surface area contributed by atoms with Crippen molar-refractivity contribution in [2.45, 2.75) is 32.4 Å². The van der Waals surface area contributed by atoms with E-state index < -0.39 is 5.82 Å². The zero-order valence-corrected chi connectivity index (χ0v) is 13.7. The van der Waals surface area contributed by atoms with Gasteiger partial charge in [0, 0.05) is 10.5 Å². The summed E-state index contributed by atoms with van der Waals surface area (Å²) in [5.74, 6) is -0.183. The maximum atomic E-state index is 14.0. The molecule has 0 aliphatic rings. The van der Waals surface area contributed by atoms with Crippen molar-refractivity contribution >= 4 is 15.9 Å². The smallest absolute Gasteiger partial charge is 0.166 e. The topological polar surface area (TPSA) is 35.2 Å². The van der Waals surface area contributed by atoms with Crippen molar-refractivity contribution in [2.24, 2.45) is 5.73 Å². The van der Waals surface area contributed by atoms with Crippen LogP contribution in [0, 0.1) is 12.7 Å². The molecule has 0 bridgehead atoms. The van der Waals surface area contributed by atoms with E-state index in [9.17, 15) is 4.39 Å². The van der Waals surface area contributed by atoms with E-state index in [0.717, 1.165) is 17.5 Å². The number of ether oxygens (including phenoxy) is 1. The second-order valence-electron chi connectivity index (χ2n) is 5.10. The summed E-state index contributed by atoms with van der Waals surface area (Å²) >= 11 is 3.24. The highest BCUT2D eigenvalue weighted by molar-refractivity contribution is 9.10. The summed E-state index contributed by atoms with van der Waals surface area (Å²) in [7, 11) is 0. The minimum atomic E-state index is -0.398. The Hall–Kier alpha value is -1.39. The van der Waals surface area contributed by atoms with Gasteiger partial charge in [0.1, 0.15) is 6.10 Å². The fourth-order valence-electron chi connectivity index (χ4n) is 2.08. The van der Waals surface area contributed by atoms with Gasteiger partial charge in [-0.3, -0.25) is 0 Å². The lowest BCUT2D eigenvalue weighted by atomic mass is 10.00. The summed E-state index contributed by atoms with van der Waals surface area (Å²) < 4.78 is 20.5. The molecule has 0 radical (unpaired) electrons. The molecule has 2 aromatic rings. The van der Waals surface area contributed by atoms with Crippen LogP contribution in [0.15, 0.2) is 46.9 Å². The Morgan fingerprint density at radius 3 is 2.43 bits per heavy atom. The SMILES string of the molecule is CCC(N)C(Oc1ccc(Br)cc1F)c1ccc(C)cc1. The second kappa shape index (κ2) is 7.05. The van der Waals surface area contributed by atoms with Crippen LogP contribution in [0.1, 0.15) is 30.6 Å². The first kappa shape index (κ1) is 16.0. The van der Waals surface area contributed by atoms with Crippen molar-refractivity contribution in [3.05, 3.63) is 63.9 Å². The summed E-state index contributed by atoms with van der Waals surface area (Å²) in [6, 6.07) is 12.5. The van der Waals surface area contributed by atoms with Crippen molar-refractivity contribution in [2.75, 3.05) is 0 Å². The highest BCUT2D eigenvalue weighted by atomic mass is 79.9. The third-order valence-corrected chi connectivity index (χ3v) is 3.91. The first-order chi connectivity index (χ1) is 10.0. The molecule has 4 heteroatoms. The molecule has 0 spiro atoms. The van der Waals surface area contributed by atoms with Gasteiger partial charge in [-0.15, -0.1) is 0 Å². The molecule has 2 unspecified atom stereocenters. The summed E-state index contributed by atoms with van der Waals surface area (Å²) in [4.78, 5) is 0. The van der Waals surface area contributed by atoms with Gasteiger partial charge in [-0.05, 0) is 37.1 Å². The molecule has 2 N–H and O–H groups in total. The van der Waals surface area contributed by atoms with Gasteiger partial charge in [0.15, 0.2) is 11.6 Å². The fourth-order valence-corrected chi connectivity index (χ4v) is 2.41. The molecule has 2 atom stereocenters. The Kier molecular flexibility index (Phi) is 5.37. The van der Waals surface area contributed by atoms with Crippen LogP contribution in [0.3, 0.4) is 0 Å². The molecule has 0 aliphatic heterocycles. The van der Waals surface area contributed by atoms with E-state index in [4.69, 9.17) is 10.5 Å². The summed E-state index contributed by atoms with van der Waals surface area (Å²) in [5.41, 5.74) is 8.28. The average molecular weight is 352 g/mol. The number of benzene rings is 2. The third-order valence-electron chi connectivity index (χ3n) is 3.41. The van der Waals surface area contributed by atoms with Crippen LogP contribution in [-0.2, 0) is 0 Å². The highest BCUT2D eigenvalue weighted by Crippen LogP contribution is 2.29. The minimum Gasteiger partial charge on any atom is -0.481 e. The number of hydrogen-bond acceptors (Lipinski definition) is 2. The van der Waals surface area contributed by atoms with Crippen LogP contribution in [0.4, 0.5) is 4.39 Å². The molecule has 112 valence electrons. The average Bonchev–Trinajstić information content (AvgIpc) is 2.47. The minimum absolute atomic E-state index is 0.198. The van der Waals surface area contributed by atoms with Crippen molar-refractivity contribution in [1.82, 2.24) is 0 Å². The lowest BCUT2D eigenvalue weighted by molar-refractivity contribution is 0.163. The number of hydrogen-bond donors (Lipinski definition) is 1. The quantitative estimate of drug-likeness (QED) is 0.843. The van der Waals surface area contributed by atoms with Crippen LogP contribution >= 0.6 is 15.9 Å². The molecule has 0 amide bonds. The molecular weight excluding hydrogens is 333 g/mol. The molecule has 2 aromatic carbocycles. The van der Waals surface area contributed by atoms with Gasteiger partial charge < -0.3 is 10.5 Å². The predicted molar refractivity (Wildman–Crippen MR) is 86.9 cm³/mol. The van der Waals surface area contributed by atoms with Crippen LogP contribution in [-0.4, -0.2) is 6.04 Å². The molecule has 0 aromatic heterocycles. The zero-order chi connectivity index (χ0) is 15.4. The largest absolute Gasteiger partial charge is 0.481 e. The number of halogens is 2. The predicted octanol–water partition coefficient (Wildman–Crippen LogP) is 4.75. The molecule has 2 rings (SSSR count). The summed E-state index contributed by atoms with van der Waals surface area (Å²) in [6.07, 6.45) is 0.378. The van der Waals surface area contributed by atoms with Crippen LogP contribution in [0.5, 0.6) is 5.75 Å². The van der Waals surface area contributed by atoms with Crippen molar-refractivity contribution in [1.29, 1.82) is 0 Å². The van der Waals surface area contributed by atoms with E-state index in [0.29, 0.717) is 4.47 Å². The molecule has 0 heterocycles. The van der Waals surface area contributed by atoms with Crippen LogP contribution < -0.4 is 10.5 Å². The van der Waals surface area contributed by atoms with Gasteiger partial charge in [0.25, 0.3) is 0 Å². The van der Waals surface area contributed by atoms with E-state index in [1.165, 1.54) is 6.07 Å². The standard InChI is InChI=1S/C17H19BrFNO/c1-3-15(20)17(12-6-4-11(2)5-7-12)21-16-9-8-13(18)10-14(16)19/h4-10,15,17H,3,20H2,1-2H3. The molecular formula is C17H19BrFNO. The maximum absolute atomic E-state index is 14.0. The van der Waals surface area contributed by atoms with E-state index in [2.05, 4.69) is 15.9 Å². The normalized spacial score (nSPS) is 13.8. The Bertz CT molecular complexity index is 600. The van der Waals surface area contributed by atoms with Gasteiger partial charge in [-0.25, -0.2) is 4.39 Å². The molecule has 21 heavy (non-hydrogen) atoms. The number of nitrogens with two attached hydrogens (primary N) is 1. The Balaban J connectivity index is 2.30. The lowest BCUT2D eigenvalue weighted by Gasteiger charge is -2.25. The lowest BCUT2D eigenvalue weighted by Crippen LogP contribution is -2.31. The molecule has 0 saturated carbocycles. The first-order valence-electron chi connectivity index (χ1n) is 6.95. The molecule has 0 aliphatic carbocycles. The maximum Gasteiger partial charge on any atom is 0.166 e. The first-order valence-corrected chi connectivity index (χ1v) is 7.74. The van der Waals surface area contributed by atoms with Gasteiger partial charge in [0.2, 0.25) is 0 Å². The fraction of sp³-hybridized carbons (Fsp3) is 0.294. The van der Waals surface area contributed by atoms with Crippen molar-refractivity contribution < 1.29 is 9.13 Å². The van der Waals surface area contributed by atoms with E-state index in [1.807, 2.05) is 38.1 Å². The number of aryl methyl sites for hydroxylation is 1. The number of rotatable bonds is 5. The Labute approximate surface area is 133 Å². The van der Waals surface area contributed by atoms with Gasteiger partial charge in [0.05, 0.1) is 0 Å². The van der Waals surface area contributed by atoms with Gasteiger partial charge >= 0.3 is 0 Å². The van der Waals surface area contributed by atoms with E-state index in [-0.39, 0.29) is 17.9 Å². The van der Waals surface area contributed by atoms with Crippen LogP contribution in [0.25, 0.3) is 0 Å². The van der Waals surface area contributed by atoms with Gasteiger partial charge in [-0.1, -0.05) is 52.7 Å². The second-order valence-corrected chi connectivity index (χ2v) is 6.01. The Morgan fingerprint density at radius 2 is 1.86 bits per heavy atom. The van der Waals surface area contributed by atoms with E-state index in [1.54, 1.807) is 12.1 Å². The van der Waals surface area contributed by atoms with Crippen LogP contribution in [0.2, 0.25) is 0 Å². The van der Waals surface area contributed by atoms with Crippen molar-refractivity contribution in [3.8, 4) is 5.75 Å². The molecule has 2 nitrogen and oxygen atoms in total. The summed E-state index contributed by atoms with van der Waals surface area (Å²) in [6.45, 7) is 4.01. The third kappa shape index (κ3) is 4.05. The van der Waals surface area contributed by atoms with Crippen molar-refractivity contribution in [3.63, 3.8) is 0 Å². The van der Waals surface area contributed by atoms with E-state index >= 15 is 0 Å². The zero-order valence-electron chi connectivity index (χ0n) is 12.1. The Morgan fingerprint density at radius 1 is 1.19 bits per heavy atom. The molecule has 0 saturated heterocycles. The summed E-state index contributed by atoms with van der Waals surface area (Å²) in [5, 5.41) is 0. The van der Waals surface area contributed by atoms with Gasteiger partial charge in [-0.2, -0.15) is 0 Å².